The highest BCUT2D eigenvalue weighted by molar-refractivity contribution is 6.38. The zero-order valence-corrected chi connectivity index (χ0v) is 10.5. The fraction of sp³-hybridized carbons (Fsp3) is 0.333. The average Bonchev–Trinajstić information content (AvgIpc) is 2.48. The number of carbonyl (C=O) groups excluding carboxylic acids is 2. The van der Waals surface area contributed by atoms with Gasteiger partial charge >= 0.3 is 0 Å². The Bertz CT molecular complexity index is 537. The number of imide groups is 1. The minimum Gasteiger partial charge on any atom is -0.506 e. The van der Waals surface area contributed by atoms with Crippen molar-refractivity contribution in [2.24, 2.45) is 0 Å². The molecule has 2 rings (SSSR count). The number of phenolic OH excluding ortho intramolecular Hbond substituents is 1. The second kappa shape index (κ2) is 3.74. The smallest absolute Gasteiger partial charge is 0.263 e. The first-order valence-electron chi connectivity index (χ1n) is 5.26. The molecule has 0 saturated heterocycles. The molecule has 5 heteroatoms. The van der Waals surface area contributed by atoms with E-state index in [0.29, 0.717) is 5.56 Å². The summed E-state index contributed by atoms with van der Waals surface area (Å²) < 4.78 is 0. The van der Waals surface area contributed by atoms with Crippen LogP contribution in [0.5, 0.6) is 5.75 Å². The maximum Gasteiger partial charge on any atom is 0.263 e. The predicted octanol–water partition coefficient (Wildman–Crippen LogP) is 2.36. The van der Waals surface area contributed by atoms with E-state index in [-0.39, 0.29) is 33.8 Å². The second-order valence-electron chi connectivity index (χ2n) is 4.35. The maximum atomic E-state index is 12.0. The summed E-state index contributed by atoms with van der Waals surface area (Å²) in [4.78, 5) is 25.2. The molecule has 0 fully saturated rings. The molecule has 2 amide bonds. The Morgan fingerprint density at radius 1 is 1.29 bits per heavy atom. The predicted molar refractivity (Wildman–Crippen MR) is 63.5 cm³/mol. The molecule has 0 unspecified atom stereocenters. The molecule has 1 aromatic rings. The van der Waals surface area contributed by atoms with Crippen LogP contribution >= 0.6 is 11.6 Å². The molecule has 90 valence electrons. The van der Waals surface area contributed by atoms with Gasteiger partial charge in [-0.2, -0.15) is 0 Å². The normalized spacial score (nSPS) is 14.8. The fourth-order valence-electron chi connectivity index (χ4n) is 1.96. The quantitative estimate of drug-likeness (QED) is 0.782. The molecule has 1 aromatic carbocycles. The third-order valence-electron chi connectivity index (χ3n) is 2.83. The van der Waals surface area contributed by atoms with E-state index < -0.39 is 5.91 Å². The topological polar surface area (TPSA) is 57.6 Å². The number of hydrogen-bond donors (Lipinski definition) is 1. The lowest BCUT2D eigenvalue weighted by molar-refractivity contribution is 0.0609. The zero-order chi connectivity index (χ0) is 12.9. The van der Waals surface area contributed by atoms with Gasteiger partial charge in [-0.3, -0.25) is 14.5 Å². The van der Waals surface area contributed by atoms with Gasteiger partial charge in [0, 0.05) is 6.04 Å². The van der Waals surface area contributed by atoms with Crippen molar-refractivity contribution in [2.45, 2.75) is 26.8 Å². The lowest BCUT2D eigenvalue weighted by Gasteiger charge is -2.17. The van der Waals surface area contributed by atoms with Crippen molar-refractivity contribution in [3.05, 3.63) is 27.8 Å². The van der Waals surface area contributed by atoms with Gasteiger partial charge in [-0.15, -0.1) is 0 Å². The number of hydrogen-bond acceptors (Lipinski definition) is 3. The van der Waals surface area contributed by atoms with Gasteiger partial charge in [0.05, 0.1) is 16.1 Å². The summed E-state index contributed by atoms with van der Waals surface area (Å²) in [7, 11) is 0. The summed E-state index contributed by atoms with van der Waals surface area (Å²) in [6, 6.07) is 1.26. The van der Waals surface area contributed by atoms with E-state index in [0.717, 1.165) is 4.90 Å². The summed E-state index contributed by atoms with van der Waals surface area (Å²) in [5.41, 5.74) is 0.859. The van der Waals surface area contributed by atoms with Gasteiger partial charge in [0.1, 0.15) is 5.75 Å². The van der Waals surface area contributed by atoms with Gasteiger partial charge < -0.3 is 5.11 Å². The van der Waals surface area contributed by atoms with Crippen molar-refractivity contribution >= 4 is 23.4 Å². The van der Waals surface area contributed by atoms with E-state index in [1.807, 2.05) is 0 Å². The first-order valence-corrected chi connectivity index (χ1v) is 5.64. The first kappa shape index (κ1) is 11.9. The number of aryl methyl sites for hydroxylation is 1. The van der Waals surface area contributed by atoms with Crippen LogP contribution in [-0.2, 0) is 0 Å². The van der Waals surface area contributed by atoms with Crippen LogP contribution in [0.15, 0.2) is 6.07 Å². The molecule has 0 aromatic heterocycles. The van der Waals surface area contributed by atoms with E-state index in [1.54, 1.807) is 20.8 Å². The van der Waals surface area contributed by atoms with Gasteiger partial charge in [0.15, 0.2) is 0 Å². The minimum atomic E-state index is -0.444. The molecule has 0 atom stereocenters. The molecular formula is C12H12ClNO3. The number of phenols is 1. The molecule has 0 spiro atoms. The van der Waals surface area contributed by atoms with Crippen LogP contribution < -0.4 is 0 Å². The lowest BCUT2D eigenvalue weighted by atomic mass is 10.1. The Balaban J connectivity index is 2.70. The van der Waals surface area contributed by atoms with Crippen LogP contribution in [0.4, 0.5) is 0 Å². The van der Waals surface area contributed by atoms with Gasteiger partial charge in [-0.25, -0.2) is 0 Å². The first-order chi connectivity index (χ1) is 7.86. The number of rotatable bonds is 1. The van der Waals surface area contributed by atoms with Crippen molar-refractivity contribution in [3.63, 3.8) is 0 Å². The third-order valence-corrected chi connectivity index (χ3v) is 3.20. The summed E-state index contributed by atoms with van der Waals surface area (Å²) in [5, 5.41) is 9.65. The fourth-order valence-corrected chi connectivity index (χ4v) is 2.29. The molecule has 1 aliphatic heterocycles. The second-order valence-corrected chi connectivity index (χ2v) is 4.73. The van der Waals surface area contributed by atoms with E-state index in [1.165, 1.54) is 6.07 Å². The standard InChI is InChI=1S/C12H12ClNO3/c1-5(2)14-11(16)7-4-6(3)10(15)9(13)8(7)12(14)17/h4-5,15H,1-3H3. The molecule has 1 N–H and O–H groups in total. The number of aromatic hydroxyl groups is 1. The van der Waals surface area contributed by atoms with Gasteiger partial charge in [0.25, 0.3) is 11.8 Å². The highest BCUT2D eigenvalue weighted by Gasteiger charge is 2.40. The molecule has 1 heterocycles. The molecule has 17 heavy (non-hydrogen) atoms. The molecular weight excluding hydrogens is 242 g/mol. The maximum absolute atomic E-state index is 12.0. The highest BCUT2D eigenvalue weighted by atomic mass is 35.5. The number of carbonyl (C=O) groups is 2. The van der Waals surface area contributed by atoms with Gasteiger partial charge in [-0.1, -0.05) is 11.6 Å². The Morgan fingerprint density at radius 3 is 2.41 bits per heavy atom. The molecule has 0 radical (unpaired) electrons. The van der Waals surface area contributed by atoms with Crippen molar-refractivity contribution < 1.29 is 14.7 Å². The number of halogens is 1. The monoisotopic (exact) mass is 253 g/mol. The van der Waals surface area contributed by atoms with Gasteiger partial charge in [0.2, 0.25) is 0 Å². The number of fused-ring (bicyclic) bond motifs is 1. The third kappa shape index (κ3) is 1.52. The Hall–Kier alpha value is -1.55. The number of nitrogens with zero attached hydrogens (tertiary/aromatic N) is 1. The molecule has 0 aliphatic carbocycles. The van der Waals surface area contributed by atoms with E-state index in [2.05, 4.69) is 0 Å². The largest absolute Gasteiger partial charge is 0.506 e. The van der Waals surface area contributed by atoms with Crippen LogP contribution in [-0.4, -0.2) is 27.9 Å². The lowest BCUT2D eigenvalue weighted by Crippen LogP contribution is -2.35. The Morgan fingerprint density at radius 2 is 1.88 bits per heavy atom. The summed E-state index contributed by atoms with van der Waals surface area (Å²) in [5.74, 6) is -0.942. The molecule has 0 saturated carbocycles. The Kier molecular flexibility index (Phi) is 2.62. The van der Waals surface area contributed by atoms with Crippen LogP contribution in [0.2, 0.25) is 5.02 Å². The minimum absolute atomic E-state index is 0.0403. The van der Waals surface area contributed by atoms with Crippen molar-refractivity contribution in [2.75, 3.05) is 0 Å². The Labute approximate surface area is 104 Å². The number of benzene rings is 1. The van der Waals surface area contributed by atoms with Crippen LogP contribution in [0, 0.1) is 6.92 Å². The number of amides is 2. The molecule has 1 aliphatic rings. The summed E-state index contributed by atoms with van der Waals surface area (Å²) in [6.45, 7) is 5.14. The average molecular weight is 254 g/mol. The highest BCUT2D eigenvalue weighted by Crippen LogP contribution is 2.38. The molecule has 0 bridgehead atoms. The van der Waals surface area contributed by atoms with E-state index in [9.17, 15) is 14.7 Å². The van der Waals surface area contributed by atoms with Crippen LogP contribution in [0.3, 0.4) is 0 Å². The van der Waals surface area contributed by atoms with Crippen molar-refractivity contribution in [1.82, 2.24) is 4.90 Å². The van der Waals surface area contributed by atoms with Crippen LogP contribution in [0.1, 0.15) is 40.1 Å². The van der Waals surface area contributed by atoms with Crippen LogP contribution in [0.25, 0.3) is 0 Å². The van der Waals surface area contributed by atoms with E-state index >= 15 is 0 Å². The SMILES string of the molecule is Cc1cc2c(c(Cl)c1O)C(=O)N(C(C)C)C2=O. The van der Waals surface area contributed by atoms with Crippen molar-refractivity contribution in [3.8, 4) is 5.75 Å². The summed E-state index contributed by atoms with van der Waals surface area (Å²) in [6.07, 6.45) is 0. The van der Waals surface area contributed by atoms with Crippen molar-refractivity contribution in [1.29, 1.82) is 0 Å². The zero-order valence-electron chi connectivity index (χ0n) is 9.74. The van der Waals surface area contributed by atoms with E-state index in [4.69, 9.17) is 11.6 Å². The molecule has 4 nitrogen and oxygen atoms in total. The van der Waals surface area contributed by atoms with Gasteiger partial charge in [-0.05, 0) is 32.4 Å². The summed E-state index contributed by atoms with van der Waals surface area (Å²) >= 11 is 5.92.